The van der Waals surface area contributed by atoms with Crippen molar-refractivity contribution in [2.75, 3.05) is 5.32 Å². The maximum Gasteiger partial charge on any atom is 0.0908 e. The fraction of sp³-hybridized carbons (Fsp3) is 0.235. The molecule has 0 saturated carbocycles. The number of aryl methyl sites for hydroxylation is 1. The molecule has 1 aromatic carbocycles. The molecule has 0 saturated heterocycles. The highest BCUT2D eigenvalue weighted by molar-refractivity contribution is 6.35. The molecule has 4 heteroatoms. The van der Waals surface area contributed by atoms with Gasteiger partial charge in [-0.3, -0.25) is 4.98 Å². The van der Waals surface area contributed by atoms with Crippen molar-refractivity contribution in [1.29, 1.82) is 0 Å². The largest absolute Gasteiger partial charge is 0.379 e. The van der Waals surface area contributed by atoms with Gasteiger partial charge in [0.2, 0.25) is 0 Å². The first-order valence-electron chi connectivity index (χ1n) is 7.20. The van der Waals surface area contributed by atoms with Gasteiger partial charge in [0.25, 0.3) is 0 Å². The lowest BCUT2D eigenvalue weighted by atomic mass is 10.2. The van der Waals surface area contributed by atoms with Crippen LogP contribution in [-0.4, -0.2) is 9.55 Å². The highest BCUT2D eigenvalue weighted by atomic mass is 35.5. The Morgan fingerprint density at radius 3 is 2.95 bits per heavy atom. The molecular weight excluding hydrogens is 282 g/mol. The fourth-order valence-electron chi connectivity index (χ4n) is 2.55. The zero-order valence-electron chi connectivity index (χ0n) is 12.0. The van der Waals surface area contributed by atoms with E-state index >= 15 is 0 Å². The molecule has 1 N–H and O–H groups in total. The van der Waals surface area contributed by atoms with Crippen molar-refractivity contribution in [2.45, 2.75) is 26.4 Å². The van der Waals surface area contributed by atoms with E-state index in [0.29, 0.717) is 5.02 Å². The van der Waals surface area contributed by atoms with Crippen molar-refractivity contribution in [3.63, 3.8) is 0 Å². The lowest BCUT2D eigenvalue weighted by Gasteiger charge is -2.12. The summed E-state index contributed by atoms with van der Waals surface area (Å²) in [5.41, 5.74) is 3.18. The van der Waals surface area contributed by atoms with Crippen molar-refractivity contribution in [1.82, 2.24) is 9.55 Å². The molecule has 0 fully saturated rings. The van der Waals surface area contributed by atoms with Crippen molar-refractivity contribution >= 4 is 28.2 Å². The predicted octanol–water partition coefficient (Wildman–Crippen LogP) is 4.71. The van der Waals surface area contributed by atoms with Crippen molar-refractivity contribution in [3.05, 3.63) is 59.5 Å². The smallest absolute Gasteiger partial charge is 0.0908 e. The lowest BCUT2D eigenvalue weighted by Crippen LogP contribution is -2.07. The van der Waals surface area contributed by atoms with Crippen LogP contribution in [0, 0.1) is 0 Å². The summed E-state index contributed by atoms with van der Waals surface area (Å²) in [5.74, 6) is 0. The number of nitrogens with one attached hydrogen (secondary N) is 1. The third-order valence-electron chi connectivity index (χ3n) is 3.57. The standard InChI is InChI=1S/C17H18ClN3/c1-2-10-21-11-4-5-13(21)12-20-16-8-7-15(18)17-14(16)6-3-9-19-17/h3-9,11,20H,2,10,12H2,1H3. The molecule has 0 radical (unpaired) electrons. The molecule has 0 amide bonds. The second-order valence-corrected chi connectivity index (χ2v) is 5.45. The number of aromatic nitrogens is 2. The van der Waals surface area contributed by atoms with Crippen LogP contribution in [0.5, 0.6) is 0 Å². The molecular formula is C17H18ClN3. The quantitative estimate of drug-likeness (QED) is 0.739. The third-order valence-corrected chi connectivity index (χ3v) is 3.87. The van der Waals surface area contributed by atoms with Crippen molar-refractivity contribution in [3.8, 4) is 0 Å². The molecule has 0 spiro atoms. The average molecular weight is 300 g/mol. The van der Waals surface area contributed by atoms with Crippen LogP contribution < -0.4 is 5.32 Å². The van der Waals surface area contributed by atoms with Crippen molar-refractivity contribution in [2.24, 2.45) is 0 Å². The van der Waals surface area contributed by atoms with Gasteiger partial charge in [-0.1, -0.05) is 18.5 Å². The van der Waals surface area contributed by atoms with E-state index in [1.807, 2.05) is 24.3 Å². The summed E-state index contributed by atoms with van der Waals surface area (Å²) in [6.45, 7) is 4.03. The SMILES string of the molecule is CCCn1cccc1CNc1ccc(Cl)c2ncccc12. The molecule has 0 atom stereocenters. The van der Waals surface area contributed by atoms with Crippen LogP contribution in [-0.2, 0) is 13.1 Å². The first-order valence-corrected chi connectivity index (χ1v) is 7.58. The first-order chi connectivity index (χ1) is 10.3. The van der Waals surface area contributed by atoms with Gasteiger partial charge in [0.1, 0.15) is 0 Å². The van der Waals surface area contributed by atoms with Crippen LogP contribution in [0.1, 0.15) is 19.0 Å². The van der Waals surface area contributed by atoms with Crippen LogP contribution in [0.2, 0.25) is 5.02 Å². The van der Waals surface area contributed by atoms with Gasteiger partial charge >= 0.3 is 0 Å². The fourth-order valence-corrected chi connectivity index (χ4v) is 2.76. The summed E-state index contributed by atoms with van der Waals surface area (Å²) in [4.78, 5) is 4.36. The van der Waals surface area contributed by atoms with Crippen molar-refractivity contribution < 1.29 is 0 Å². The zero-order valence-corrected chi connectivity index (χ0v) is 12.8. The second kappa shape index (κ2) is 6.19. The minimum absolute atomic E-state index is 0.686. The predicted molar refractivity (Wildman–Crippen MR) is 88.8 cm³/mol. The maximum absolute atomic E-state index is 6.20. The molecule has 3 nitrogen and oxygen atoms in total. The van der Waals surface area contributed by atoms with Crippen LogP contribution in [0.4, 0.5) is 5.69 Å². The van der Waals surface area contributed by atoms with Gasteiger partial charge in [-0.25, -0.2) is 0 Å². The van der Waals surface area contributed by atoms with E-state index in [1.54, 1.807) is 6.20 Å². The number of fused-ring (bicyclic) bond motifs is 1. The summed E-state index contributed by atoms with van der Waals surface area (Å²) < 4.78 is 2.28. The molecule has 0 bridgehead atoms. The normalized spacial score (nSPS) is 11.0. The van der Waals surface area contributed by atoms with E-state index in [4.69, 9.17) is 11.6 Å². The summed E-state index contributed by atoms with van der Waals surface area (Å²) in [6.07, 6.45) is 5.03. The Morgan fingerprint density at radius 2 is 2.10 bits per heavy atom. The highest BCUT2D eigenvalue weighted by Crippen LogP contribution is 2.28. The number of hydrogen-bond acceptors (Lipinski definition) is 2. The molecule has 2 aromatic heterocycles. The minimum Gasteiger partial charge on any atom is -0.379 e. The van der Waals surface area contributed by atoms with E-state index in [1.165, 1.54) is 5.69 Å². The second-order valence-electron chi connectivity index (χ2n) is 5.04. The molecule has 2 heterocycles. The van der Waals surface area contributed by atoms with Gasteiger partial charge in [-0.2, -0.15) is 0 Å². The van der Waals surface area contributed by atoms with Crippen LogP contribution >= 0.6 is 11.6 Å². The molecule has 21 heavy (non-hydrogen) atoms. The highest BCUT2D eigenvalue weighted by Gasteiger charge is 2.06. The molecule has 3 rings (SSSR count). The maximum atomic E-state index is 6.20. The number of nitrogens with zero attached hydrogens (tertiary/aromatic N) is 2. The molecule has 108 valence electrons. The molecule has 3 aromatic rings. The molecule has 0 aliphatic rings. The van der Waals surface area contributed by atoms with E-state index in [2.05, 4.69) is 40.1 Å². The summed E-state index contributed by atoms with van der Waals surface area (Å²) >= 11 is 6.20. The number of hydrogen-bond donors (Lipinski definition) is 1. The van der Waals surface area contributed by atoms with E-state index < -0.39 is 0 Å². The van der Waals surface area contributed by atoms with Crippen LogP contribution in [0.3, 0.4) is 0 Å². The topological polar surface area (TPSA) is 29.9 Å². The van der Waals surface area contributed by atoms with Gasteiger partial charge in [0.15, 0.2) is 0 Å². The summed E-state index contributed by atoms with van der Waals surface area (Å²) in [5, 5.41) is 5.24. The third kappa shape index (κ3) is 2.88. The number of benzene rings is 1. The van der Waals surface area contributed by atoms with Gasteiger partial charge in [-0.15, -0.1) is 0 Å². The summed E-state index contributed by atoms with van der Waals surface area (Å²) in [6, 6.07) is 12.1. The van der Waals surface area contributed by atoms with Crippen LogP contribution in [0.15, 0.2) is 48.8 Å². The Morgan fingerprint density at radius 1 is 1.19 bits per heavy atom. The van der Waals surface area contributed by atoms with Gasteiger partial charge in [0, 0.05) is 35.7 Å². The Hall–Kier alpha value is -2.00. The summed E-state index contributed by atoms with van der Waals surface area (Å²) in [7, 11) is 0. The Bertz CT molecular complexity index is 749. The number of rotatable bonds is 5. The molecule has 0 aliphatic heterocycles. The average Bonchev–Trinajstić information content (AvgIpc) is 2.95. The number of pyridine rings is 1. The molecule has 0 unspecified atom stereocenters. The van der Waals surface area contributed by atoms with E-state index in [0.717, 1.165) is 36.1 Å². The van der Waals surface area contributed by atoms with Gasteiger partial charge in [-0.05, 0) is 42.8 Å². The minimum atomic E-state index is 0.686. The Balaban J connectivity index is 1.85. The van der Waals surface area contributed by atoms with Gasteiger partial charge in [0.05, 0.1) is 17.1 Å². The van der Waals surface area contributed by atoms with E-state index in [-0.39, 0.29) is 0 Å². The number of anilines is 1. The van der Waals surface area contributed by atoms with Crippen LogP contribution in [0.25, 0.3) is 10.9 Å². The Kier molecular flexibility index (Phi) is 4.11. The zero-order chi connectivity index (χ0) is 14.7. The molecule has 0 aliphatic carbocycles. The number of halogens is 1. The monoisotopic (exact) mass is 299 g/mol. The Labute approximate surface area is 129 Å². The lowest BCUT2D eigenvalue weighted by molar-refractivity contribution is 0.654. The first kappa shape index (κ1) is 14.0. The van der Waals surface area contributed by atoms with Gasteiger partial charge < -0.3 is 9.88 Å². The van der Waals surface area contributed by atoms with E-state index in [9.17, 15) is 0 Å².